The summed E-state index contributed by atoms with van der Waals surface area (Å²) in [5.74, 6) is -0.0478. The van der Waals surface area contributed by atoms with Gasteiger partial charge >= 0.3 is 0 Å². The number of hydrogen-bond donors (Lipinski definition) is 1. The molecule has 3 heterocycles. The van der Waals surface area contributed by atoms with Crippen LogP contribution in [0.5, 0.6) is 0 Å². The van der Waals surface area contributed by atoms with E-state index in [2.05, 4.69) is 19.9 Å². The molecular formula is C11H12N4OS. The lowest BCUT2D eigenvalue weighted by Crippen LogP contribution is -2.15. The van der Waals surface area contributed by atoms with Crippen molar-refractivity contribution in [3.8, 4) is 0 Å². The number of hydrogen-bond acceptors (Lipinski definition) is 4. The van der Waals surface area contributed by atoms with Gasteiger partial charge in [0.25, 0.3) is 0 Å². The maximum atomic E-state index is 11.8. The van der Waals surface area contributed by atoms with E-state index in [1.165, 1.54) is 17.0 Å². The molecule has 88 valence electrons. The first-order valence-electron chi connectivity index (χ1n) is 5.55. The fraction of sp³-hybridized carbons (Fsp3) is 0.364. The van der Waals surface area contributed by atoms with Crippen molar-refractivity contribution >= 4 is 22.4 Å². The number of aromatic nitrogens is 3. The predicted molar refractivity (Wildman–Crippen MR) is 65.0 cm³/mol. The molecular weight excluding hydrogens is 236 g/mol. The molecule has 1 amide bonds. The maximum absolute atomic E-state index is 11.8. The zero-order valence-corrected chi connectivity index (χ0v) is 10.0. The fourth-order valence-electron chi connectivity index (χ4n) is 2.10. The summed E-state index contributed by atoms with van der Waals surface area (Å²) in [5.41, 5.74) is 2.11. The number of thiazole rings is 1. The van der Waals surface area contributed by atoms with Crippen LogP contribution in [0.1, 0.15) is 17.8 Å². The zero-order chi connectivity index (χ0) is 11.7. The highest BCUT2D eigenvalue weighted by molar-refractivity contribution is 7.13. The van der Waals surface area contributed by atoms with E-state index in [1.54, 1.807) is 6.20 Å². The van der Waals surface area contributed by atoms with Crippen molar-refractivity contribution in [3.63, 3.8) is 0 Å². The number of carbonyl (C=O) groups excluding carboxylic acids is 1. The molecule has 2 aromatic heterocycles. The van der Waals surface area contributed by atoms with E-state index in [4.69, 9.17) is 0 Å². The number of fused-ring (bicyclic) bond motifs is 1. The summed E-state index contributed by atoms with van der Waals surface area (Å²) in [7, 11) is 0. The Hall–Kier alpha value is -1.69. The van der Waals surface area contributed by atoms with E-state index >= 15 is 0 Å². The van der Waals surface area contributed by atoms with Gasteiger partial charge in [0.15, 0.2) is 5.13 Å². The van der Waals surface area contributed by atoms with E-state index in [9.17, 15) is 4.79 Å². The Kier molecular flexibility index (Phi) is 2.64. The number of nitrogens with zero attached hydrogens (tertiary/aromatic N) is 3. The van der Waals surface area contributed by atoms with Crippen molar-refractivity contribution in [1.29, 1.82) is 0 Å². The minimum absolute atomic E-state index is 0.0478. The third-order valence-electron chi connectivity index (χ3n) is 2.85. The van der Waals surface area contributed by atoms with Crippen LogP contribution in [-0.4, -0.2) is 20.4 Å². The molecule has 0 unspecified atom stereocenters. The van der Waals surface area contributed by atoms with Gasteiger partial charge in [0, 0.05) is 23.8 Å². The van der Waals surface area contributed by atoms with Crippen molar-refractivity contribution in [2.24, 2.45) is 0 Å². The van der Waals surface area contributed by atoms with Gasteiger partial charge in [-0.1, -0.05) is 0 Å². The normalized spacial score (nSPS) is 13.6. The Morgan fingerprint density at radius 1 is 1.53 bits per heavy atom. The van der Waals surface area contributed by atoms with E-state index in [-0.39, 0.29) is 5.91 Å². The molecule has 6 heteroatoms. The molecule has 0 bridgehead atoms. The van der Waals surface area contributed by atoms with Gasteiger partial charge < -0.3 is 9.88 Å². The maximum Gasteiger partial charge on any atom is 0.232 e. The van der Waals surface area contributed by atoms with Gasteiger partial charge in [-0.2, -0.15) is 0 Å². The lowest BCUT2D eigenvalue weighted by Gasteiger charge is -2.01. The van der Waals surface area contributed by atoms with Crippen LogP contribution in [0, 0.1) is 0 Å². The van der Waals surface area contributed by atoms with Crippen molar-refractivity contribution in [1.82, 2.24) is 14.5 Å². The summed E-state index contributed by atoms with van der Waals surface area (Å²) < 4.78 is 2.13. The second-order valence-electron chi connectivity index (χ2n) is 4.00. The van der Waals surface area contributed by atoms with Gasteiger partial charge in [0.2, 0.25) is 5.91 Å². The first-order valence-corrected chi connectivity index (χ1v) is 6.43. The minimum Gasteiger partial charge on any atom is -0.334 e. The second kappa shape index (κ2) is 4.29. The number of nitrogens with one attached hydrogen (secondary N) is 1. The largest absolute Gasteiger partial charge is 0.334 e. The van der Waals surface area contributed by atoms with Crippen LogP contribution in [0.2, 0.25) is 0 Å². The van der Waals surface area contributed by atoms with Crippen LogP contribution in [0.4, 0.5) is 5.13 Å². The predicted octanol–water partition coefficient (Wildman–Crippen LogP) is 1.47. The molecule has 0 radical (unpaired) electrons. The molecule has 0 saturated heterocycles. The monoisotopic (exact) mass is 248 g/mol. The van der Waals surface area contributed by atoms with Crippen LogP contribution in [0.15, 0.2) is 17.9 Å². The molecule has 0 saturated carbocycles. The molecule has 0 atom stereocenters. The summed E-state index contributed by atoms with van der Waals surface area (Å²) in [6.45, 7) is 1.02. The van der Waals surface area contributed by atoms with Crippen molar-refractivity contribution in [2.45, 2.75) is 25.8 Å². The van der Waals surface area contributed by atoms with E-state index in [0.29, 0.717) is 11.6 Å². The Balaban J connectivity index is 1.68. The summed E-state index contributed by atoms with van der Waals surface area (Å²) in [4.78, 5) is 20.1. The van der Waals surface area contributed by atoms with Crippen LogP contribution in [0.3, 0.4) is 0 Å². The molecule has 1 N–H and O–H groups in total. The Bertz CT molecular complexity index is 532. The van der Waals surface area contributed by atoms with Gasteiger partial charge in [-0.15, -0.1) is 11.3 Å². The average Bonchev–Trinajstić information content (AvgIpc) is 2.97. The van der Waals surface area contributed by atoms with E-state index in [1.807, 2.05) is 11.7 Å². The lowest BCUT2D eigenvalue weighted by atomic mass is 10.2. The number of aryl methyl sites for hydroxylation is 1. The SMILES string of the molecule is O=C(Cc1ncn2c1CCC2)Nc1nccs1. The van der Waals surface area contributed by atoms with E-state index < -0.39 is 0 Å². The van der Waals surface area contributed by atoms with Gasteiger partial charge in [-0.3, -0.25) is 4.79 Å². The molecule has 1 aliphatic rings. The standard InChI is InChI=1S/C11H12N4OS/c16-10(14-11-12-3-5-17-11)6-8-9-2-1-4-15(9)7-13-8/h3,5,7H,1-2,4,6H2,(H,12,14,16). The highest BCUT2D eigenvalue weighted by Gasteiger charge is 2.18. The molecule has 1 aliphatic heterocycles. The quantitative estimate of drug-likeness (QED) is 0.894. The first-order chi connectivity index (χ1) is 8.33. The molecule has 0 spiro atoms. The van der Waals surface area contributed by atoms with Crippen LogP contribution in [0.25, 0.3) is 0 Å². The van der Waals surface area contributed by atoms with Crippen molar-refractivity contribution < 1.29 is 4.79 Å². The second-order valence-corrected chi connectivity index (χ2v) is 4.89. The zero-order valence-electron chi connectivity index (χ0n) is 9.22. The first kappa shape index (κ1) is 10.5. The molecule has 0 aromatic carbocycles. The third kappa shape index (κ3) is 2.08. The molecule has 2 aromatic rings. The summed E-state index contributed by atoms with van der Waals surface area (Å²) >= 11 is 1.42. The highest BCUT2D eigenvalue weighted by atomic mass is 32.1. The minimum atomic E-state index is -0.0478. The van der Waals surface area contributed by atoms with Crippen molar-refractivity contribution in [2.75, 3.05) is 5.32 Å². The molecule has 0 aliphatic carbocycles. The lowest BCUT2D eigenvalue weighted by molar-refractivity contribution is -0.115. The average molecular weight is 248 g/mol. The molecule has 3 rings (SSSR count). The Morgan fingerprint density at radius 3 is 3.29 bits per heavy atom. The van der Waals surface area contributed by atoms with Crippen LogP contribution >= 0.6 is 11.3 Å². The molecule has 17 heavy (non-hydrogen) atoms. The Labute approximate surface area is 103 Å². The summed E-state index contributed by atoms with van der Waals surface area (Å²) in [6.07, 6.45) is 6.02. The number of carbonyl (C=O) groups is 1. The highest BCUT2D eigenvalue weighted by Crippen LogP contribution is 2.19. The third-order valence-corrected chi connectivity index (χ3v) is 3.54. The topological polar surface area (TPSA) is 59.8 Å². The smallest absolute Gasteiger partial charge is 0.232 e. The van der Waals surface area contributed by atoms with Crippen LogP contribution < -0.4 is 5.32 Å². The summed E-state index contributed by atoms with van der Waals surface area (Å²) in [6, 6.07) is 0. The summed E-state index contributed by atoms with van der Waals surface area (Å²) in [5, 5.41) is 5.25. The molecule has 0 fully saturated rings. The Morgan fingerprint density at radius 2 is 2.47 bits per heavy atom. The van der Waals surface area contributed by atoms with Gasteiger partial charge in [-0.25, -0.2) is 9.97 Å². The number of anilines is 1. The van der Waals surface area contributed by atoms with Gasteiger partial charge in [-0.05, 0) is 12.8 Å². The number of amides is 1. The van der Waals surface area contributed by atoms with Gasteiger partial charge in [0.05, 0.1) is 18.4 Å². The van der Waals surface area contributed by atoms with E-state index in [0.717, 1.165) is 25.1 Å². The molecule has 5 nitrogen and oxygen atoms in total. The van der Waals surface area contributed by atoms with Crippen molar-refractivity contribution in [3.05, 3.63) is 29.3 Å². The van der Waals surface area contributed by atoms with Gasteiger partial charge in [0.1, 0.15) is 0 Å². The number of rotatable bonds is 3. The number of imidazole rings is 1. The fourth-order valence-corrected chi connectivity index (χ4v) is 2.64. The van der Waals surface area contributed by atoms with Crippen LogP contribution in [-0.2, 0) is 24.2 Å².